The Morgan fingerprint density at radius 3 is 2.53 bits per heavy atom. The number of carbonyl (C=O) groups is 1. The van der Waals surface area contributed by atoms with Crippen LogP contribution in [0.5, 0.6) is 0 Å². The molecule has 6 nitrogen and oxygen atoms in total. The predicted molar refractivity (Wildman–Crippen MR) is 144 cm³/mol. The van der Waals surface area contributed by atoms with Crippen LogP contribution in [0.25, 0.3) is 6.08 Å². The van der Waals surface area contributed by atoms with Gasteiger partial charge in [-0.2, -0.15) is 5.26 Å². The number of aromatic nitrogens is 1. The SMILES string of the molecule is CCCCn1c(NCCc2ccccc2)c(/C=C2/SC(=S)N(CCC)C2=O)c(C)c(C#N)c1=O. The van der Waals surface area contributed by atoms with E-state index in [1.807, 2.05) is 25.1 Å². The van der Waals surface area contributed by atoms with E-state index in [2.05, 4.69) is 30.4 Å². The van der Waals surface area contributed by atoms with Gasteiger partial charge >= 0.3 is 0 Å². The smallest absolute Gasteiger partial charge is 0.270 e. The zero-order valence-corrected chi connectivity index (χ0v) is 21.5. The van der Waals surface area contributed by atoms with Crippen LogP contribution in [0.1, 0.15) is 55.4 Å². The zero-order valence-electron chi connectivity index (χ0n) is 19.9. The Kier molecular flexibility index (Phi) is 9.08. The summed E-state index contributed by atoms with van der Waals surface area (Å²) in [7, 11) is 0. The number of pyridine rings is 1. The molecule has 0 unspecified atom stereocenters. The van der Waals surface area contributed by atoms with E-state index in [1.165, 1.54) is 17.3 Å². The largest absolute Gasteiger partial charge is 0.371 e. The first-order valence-electron chi connectivity index (χ1n) is 11.6. The van der Waals surface area contributed by atoms with Crippen molar-refractivity contribution in [1.82, 2.24) is 9.47 Å². The van der Waals surface area contributed by atoms with Gasteiger partial charge in [0.1, 0.15) is 21.8 Å². The first-order valence-corrected chi connectivity index (χ1v) is 12.9. The average molecular weight is 495 g/mol. The van der Waals surface area contributed by atoms with Gasteiger partial charge in [-0.25, -0.2) is 0 Å². The highest BCUT2D eigenvalue weighted by Crippen LogP contribution is 2.35. The molecule has 0 spiro atoms. The van der Waals surface area contributed by atoms with Crippen molar-refractivity contribution in [3.05, 3.63) is 67.8 Å². The minimum absolute atomic E-state index is 0.111. The Hall–Kier alpha value is -2.89. The number of rotatable bonds is 10. The van der Waals surface area contributed by atoms with E-state index in [1.54, 1.807) is 22.5 Å². The first-order chi connectivity index (χ1) is 16.4. The lowest BCUT2D eigenvalue weighted by atomic mass is 10.0. The number of nitriles is 1. The number of nitrogens with zero attached hydrogens (tertiary/aromatic N) is 3. The first kappa shape index (κ1) is 25.7. The van der Waals surface area contributed by atoms with E-state index in [-0.39, 0.29) is 17.0 Å². The summed E-state index contributed by atoms with van der Waals surface area (Å²) in [5, 5.41) is 13.2. The number of amides is 1. The maximum atomic E-state index is 13.2. The summed E-state index contributed by atoms with van der Waals surface area (Å²) in [5.41, 5.74) is 2.26. The lowest BCUT2D eigenvalue weighted by molar-refractivity contribution is -0.122. The molecule has 1 aliphatic rings. The predicted octanol–water partition coefficient (Wildman–Crippen LogP) is 5.09. The standard InChI is InChI=1S/C26H30N4O2S2/c1-4-6-15-29-23(28-13-12-19-10-8-7-9-11-19)20(18(3)21(17-27)24(29)31)16-22-25(32)30(14-5-2)26(33)34-22/h7-11,16,28H,4-6,12-15H2,1-3H3/b22-16+. The van der Waals surface area contributed by atoms with Crippen LogP contribution >= 0.6 is 24.0 Å². The molecule has 1 aromatic heterocycles. The van der Waals surface area contributed by atoms with Gasteiger partial charge in [-0.1, -0.05) is 74.6 Å². The summed E-state index contributed by atoms with van der Waals surface area (Å²) in [6.45, 7) is 7.51. The highest BCUT2D eigenvalue weighted by Gasteiger charge is 2.32. The Morgan fingerprint density at radius 2 is 1.88 bits per heavy atom. The molecule has 178 valence electrons. The van der Waals surface area contributed by atoms with Crippen molar-refractivity contribution < 1.29 is 4.79 Å². The van der Waals surface area contributed by atoms with Crippen LogP contribution in [-0.2, 0) is 17.8 Å². The molecule has 34 heavy (non-hydrogen) atoms. The van der Waals surface area contributed by atoms with E-state index in [0.717, 1.165) is 25.7 Å². The molecule has 1 fully saturated rings. The fourth-order valence-electron chi connectivity index (χ4n) is 3.90. The second-order valence-corrected chi connectivity index (χ2v) is 9.86. The monoisotopic (exact) mass is 494 g/mol. The van der Waals surface area contributed by atoms with E-state index in [4.69, 9.17) is 12.2 Å². The van der Waals surface area contributed by atoms with Crippen LogP contribution in [-0.4, -0.2) is 32.8 Å². The average Bonchev–Trinajstić information content (AvgIpc) is 3.09. The van der Waals surface area contributed by atoms with Crippen LogP contribution in [0.15, 0.2) is 40.0 Å². The van der Waals surface area contributed by atoms with Gasteiger partial charge in [0.05, 0.1) is 4.91 Å². The van der Waals surface area contributed by atoms with Gasteiger partial charge in [-0.15, -0.1) is 0 Å². The van der Waals surface area contributed by atoms with Gasteiger partial charge in [0.2, 0.25) is 0 Å². The molecule has 3 rings (SSSR count). The summed E-state index contributed by atoms with van der Waals surface area (Å²) in [6, 6.07) is 12.2. The maximum Gasteiger partial charge on any atom is 0.270 e. The van der Waals surface area contributed by atoms with Gasteiger partial charge in [0.25, 0.3) is 11.5 Å². The number of unbranched alkanes of at least 4 members (excludes halogenated alkanes) is 1. The molecular weight excluding hydrogens is 464 g/mol. The van der Waals surface area contributed by atoms with E-state index in [0.29, 0.717) is 45.8 Å². The zero-order chi connectivity index (χ0) is 24.7. The van der Waals surface area contributed by atoms with Crippen LogP contribution in [0.3, 0.4) is 0 Å². The van der Waals surface area contributed by atoms with Gasteiger partial charge in [0.15, 0.2) is 0 Å². The number of hydrogen-bond donors (Lipinski definition) is 1. The summed E-state index contributed by atoms with van der Waals surface area (Å²) in [4.78, 5) is 28.3. The Morgan fingerprint density at radius 1 is 1.15 bits per heavy atom. The normalized spacial score (nSPS) is 14.6. The second kappa shape index (κ2) is 12.0. The fraction of sp³-hybridized carbons (Fsp3) is 0.385. The maximum absolute atomic E-state index is 13.2. The molecule has 8 heteroatoms. The summed E-state index contributed by atoms with van der Waals surface area (Å²) in [5.74, 6) is 0.517. The molecule has 1 N–H and O–H groups in total. The van der Waals surface area contributed by atoms with Crippen LogP contribution in [0.4, 0.5) is 5.82 Å². The minimum atomic E-state index is -0.300. The van der Waals surface area contributed by atoms with E-state index < -0.39 is 0 Å². The molecule has 0 radical (unpaired) electrons. The van der Waals surface area contributed by atoms with Crippen molar-refractivity contribution in [2.75, 3.05) is 18.4 Å². The number of anilines is 1. The summed E-state index contributed by atoms with van der Waals surface area (Å²) >= 11 is 6.69. The second-order valence-electron chi connectivity index (χ2n) is 8.18. The van der Waals surface area contributed by atoms with Crippen molar-refractivity contribution in [2.24, 2.45) is 0 Å². The quantitative estimate of drug-likeness (QED) is 0.366. The Balaban J connectivity index is 2.08. The summed E-state index contributed by atoms with van der Waals surface area (Å²) < 4.78 is 2.19. The lowest BCUT2D eigenvalue weighted by Crippen LogP contribution is -2.29. The topological polar surface area (TPSA) is 78.1 Å². The highest BCUT2D eigenvalue weighted by atomic mass is 32.2. The molecule has 1 aliphatic heterocycles. The number of nitrogens with one attached hydrogen (secondary N) is 1. The molecule has 2 heterocycles. The molecule has 1 amide bonds. The third-order valence-corrected chi connectivity index (χ3v) is 7.13. The van der Waals surface area contributed by atoms with Crippen molar-refractivity contribution in [2.45, 2.75) is 53.0 Å². The van der Waals surface area contributed by atoms with Gasteiger partial charge in [0, 0.05) is 25.2 Å². The molecule has 2 aromatic rings. The fourth-order valence-corrected chi connectivity index (χ4v) is 5.19. The molecule has 0 saturated carbocycles. The number of carbonyl (C=O) groups excluding carboxylic acids is 1. The van der Waals surface area contributed by atoms with Crippen LogP contribution in [0, 0.1) is 18.3 Å². The summed E-state index contributed by atoms with van der Waals surface area (Å²) in [6.07, 6.45) is 5.10. The van der Waals surface area contributed by atoms with Gasteiger partial charge < -0.3 is 5.32 Å². The number of benzene rings is 1. The van der Waals surface area contributed by atoms with Crippen molar-refractivity contribution in [3.63, 3.8) is 0 Å². The molecule has 0 atom stereocenters. The number of thiocarbonyl (C=S) groups is 1. The van der Waals surface area contributed by atoms with E-state index >= 15 is 0 Å². The third kappa shape index (κ3) is 5.60. The minimum Gasteiger partial charge on any atom is -0.371 e. The molecule has 0 aliphatic carbocycles. The van der Waals surface area contributed by atoms with Crippen LogP contribution < -0.4 is 10.9 Å². The molecule has 1 aromatic carbocycles. The Labute approximate surface area is 210 Å². The van der Waals surface area contributed by atoms with E-state index in [9.17, 15) is 14.9 Å². The van der Waals surface area contributed by atoms with Crippen LogP contribution in [0.2, 0.25) is 0 Å². The Bertz CT molecular complexity index is 1200. The number of thioether (sulfide) groups is 1. The van der Waals surface area contributed by atoms with Gasteiger partial charge in [-0.3, -0.25) is 19.1 Å². The molecular formula is C26H30N4O2S2. The van der Waals surface area contributed by atoms with Crippen molar-refractivity contribution in [1.29, 1.82) is 5.26 Å². The molecule has 0 bridgehead atoms. The lowest BCUT2D eigenvalue weighted by Gasteiger charge is -2.20. The van der Waals surface area contributed by atoms with Gasteiger partial charge in [-0.05, 0) is 43.4 Å². The number of hydrogen-bond acceptors (Lipinski definition) is 6. The van der Waals surface area contributed by atoms with Crippen molar-refractivity contribution in [3.8, 4) is 6.07 Å². The highest BCUT2D eigenvalue weighted by molar-refractivity contribution is 8.26. The van der Waals surface area contributed by atoms with Crippen molar-refractivity contribution >= 4 is 46.1 Å². The molecule has 1 saturated heterocycles. The third-order valence-electron chi connectivity index (χ3n) is 5.76.